The Kier molecular flexibility index (Phi) is 6.18. The zero-order valence-corrected chi connectivity index (χ0v) is 10.4. The summed E-state index contributed by atoms with van der Waals surface area (Å²) in [6.07, 6.45) is 2.98. The molecule has 0 unspecified atom stereocenters. The summed E-state index contributed by atoms with van der Waals surface area (Å²) in [7, 11) is 0. The molecule has 1 nitrogen and oxygen atoms in total. The third-order valence-electron chi connectivity index (χ3n) is 2.10. The summed E-state index contributed by atoms with van der Waals surface area (Å²) in [6.45, 7) is 12.7. The lowest BCUT2D eigenvalue weighted by molar-refractivity contribution is 0.821. The van der Waals surface area contributed by atoms with Gasteiger partial charge in [-0.15, -0.1) is 0 Å². The molecule has 0 fully saturated rings. The molecule has 0 saturated heterocycles. The van der Waals surface area contributed by atoms with E-state index >= 15 is 0 Å². The van der Waals surface area contributed by atoms with Gasteiger partial charge in [0, 0.05) is 11.9 Å². The fourth-order valence-corrected chi connectivity index (χ4v) is 1.42. The van der Waals surface area contributed by atoms with Crippen LogP contribution in [0, 0.1) is 6.92 Å². The Balaban J connectivity index is 0.000000791. The van der Waals surface area contributed by atoms with Crippen LogP contribution in [0.3, 0.4) is 0 Å². The van der Waals surface area contributed by atoms with E-state index < -0.39 is 0 Å². The molecule has 0 N–H and O–H groups in total. The van der Waals surface area contributed by atoms with Gasteiger partial charge in [0.25, 0.3) is 0 Å². The third-order valence-corrected chi connectivity index (χ3v) is 2.10. The summed E-state index contributed by atoms with van der Waals surface area (Å²) in [6, 6.07) is 2.25. The fourth-order valence-electron chi connectivity index (χ4n) is 1.42. The van der Waals surface area contributed by atoms with Crippen molar-refractivity contribution in [3.05, 3.63) is 29.1 Å². The minimum atomic E-state index is 0.590. The molecule has 1 heteroatoms. The summed E-state index contributed by atoms with van der Waals surface area (Å²) < 4.78 is 0. The van der Waals surface area contributed by atoms with Crippen molar-refractivity contribution < 1.29 is 0 Å². The number of aromatic nitrogens is 1. The van der Waals surface area contributed by atoms with Crippen LogP contribution in [0.1, 0.15) is 57.4 Å². The first kappa shape index (κ1) is 13.2. The van der Waals surface area contributed by atoms with Crippen molar-refractivity contribution in [3.8, 4) is 0 Å². The van der Waals surface area contributed by atoms with Crippen molar-refractivity contribution in [1.82, 2.24) is 4.98 Å². The highest BCUT2D eigenvalue weighted by molar-refractivity contribution is 5.27. The van der Waals surface area contributed by atoms with Gasteiger partial charge < -0.3 is 0 Å². The van der Waals surface area contributed by atoms with Gasteiger partial charge in [-0.3, -0.25) is 4.98 Å². The molecule has 14 heavy (non-hydrogen) atoms. The predicted octanol–water partition coefficient (Wildman–Crippen LogP) is 4.10. The maximum absolute atomic E-state index is 4.42. The first-order valence-electron chi connectivity index (χ1n) is 5.60. The number of nitrogens with zero attached hydrogens (tertiary/aromatic N) is 1. The topological polar surface area (TPSA) is 12.9 Å². The van der Waals surface area contributed by atoms with Gasteiger partial charge in [-0.25, -0.2) is 0 Å². The minimum Gasteiger partial charge on any atom is -0.261 e. The van der Waals surface area contributed by atoms with Crippen molar-refractivity contribution in [1.29, 1.82) is 0 Å². The highest BCUT2D eigenvalue weighted by atomic mass is 14.7. The predicted molar refractivity (Wildman–Crippen MR) is 63.8 cm³/mol. The second kappa shape index (κ2) is 6.58. The Hall–Kier alpha value is -0.850. The molecular formula is C13H23N. The minimum absolute atomic E-state index is 0.590. The number of aryl methyl sites for hydroxylation is 2. The van der Waals surface area contributed by atoms with Gasteiger partial charge in [0.05, 0.1) is 0 Å². The Morgan fingerprint density at radius 3 is 2.29 bits per heavy atom. The van der Waals surface area contributed by atoms with Crippen molar-refractivity contribution in [2.75, 3.05) is 0 Å². The average molecular weight is 193 g/mol. The molecule has 1 aromatic heterocycles. The van der Waals surface area contributed by atoms with Crippen LogP contribution in [-0.4, -0.2) is 4.98 Å². The highest BCUT2D eigenvalue weighted by Gasteiger charge is 2.05. The van der Waals surface area contributed by atoms with E-state index in [4.69, 9.17) is 0 Å². The van der Waals surface area contributed by atoms with Gasteiger partial charge in [-0.05, 0) is 30.4 Å². The standard InChI is InChI=1S/C11H17N.C2H6/c1-5-11-10(8(2)3)6-9(4)7-12-11;1-2/h6-8H,5H2,1-4H3;1-2H3. The second-order valence-electron chi connectivity index (χ2n) is 3.56. The van der Waals surface area contributed by atoms with Crippen LogP contribution in [0.15, 0.2) is 12.3 Å². The third kappa shape index (κ3) is 3.49. The van der Waals surface area contributed by atoms with Crippen LogP contribution < -0.4 is 0 Å². The maximum Gasteiger partial charge on any atom is 0.0435 e. The monoisotopic (exact) mass is 193 g/mol. The van der Waals surface area contributed by atoms with Crippen LogP contribution in [0.2, 0.25) is 0 Å². The lowest BCUT2D eigenvalue weighted by Crippen LogP contribution is -1.98. The van der Waals surface area contributed by atoms with Crippen LogP contribution >= 0.6 is 0 Å². The molecule has 0 saturated carbocycles. The molecule has 0 aliphatic rings. The van der Waals surface area contributed by atoms with E-state index in [0.717, 1.165) is 6.42 Å². The molecule has 1 heterocycles. The fraction of sp³-hybridized carbons (Fsp3) is 0.615. The van der Waals surface area contributed by atoms with E-state index in [-0.39, 0.29) is 0 Å². The molecular weight excluding hydrogens is 170 g/mol. The molecule has 0 aliphatic heterocycles. The molecule has 0 atom stereocenters. The van der Waals surface area contributed by atoms with E-state index in [1.165, 1.54) is 16.8 Å². The molecule has 1 aromatic rings. The van der Waals surface area contributed by atoms with E-state index in [1.54, 1.807) is 0 Å². The van der Waals surface area contributed by atoms with Gasteiger partial charge in [0.2, 0.25) is 0 Å². The Bertz CT molecular complexity index is 264. The number of hydrogen-bond acceptors (Lipinski definition) is 1. The van der Waals surface area contributed by atoms with Crippen LogP contribution in [-0.2, 0) is 6.42 Å². The van der Waals surface area contributed by atoms with Crippen LogP contribution in [0.4, 0.5) is 0 Å². The molecule has 0 amide bonds. The molecule has 0 spiro atoms. The normalized spacial score (nSPS) is 9.64. The smallest absolute Gasteiger partial charge is 0.0435 e. The second-order valence-corrected chi connectivity index (χ2v) is 3.56. The quantitative estimate of drug-likeness (QED) is 0.689. The number of hydrogen-bond donors (Lipinski definition) is 0. The molecule has 0 bridgehead atoms. The van der Waals surface area contributed by atoms with Crippen molar-refractivity contribution in [3.63, 3.8) is 0 Å². The summed E-state index contributed by atoms with van der Waals surface area (Å²) in [5.74, 6) is 0.590. The maximum atomic E-state index is 4.42. The lowest BCUT2D eigenvalue weighted by Gasteiger charge is -2.10. The summed E-state index contributed by atoms with van der Waals surface area (Å²) >= 11 is 0. The van der Waals surface area contributed by atoms with E-state index in [2.05, 4.69) is 38.7 Å². The van der Waals surface area contributed by atoms with Crippen LogP contribution in [0.25, 0.3) is 0 Å². The Labute approximate surface area is 88.6 Å². The first-order valence-corrected chi connectivity index (χ1v) is 5.60. The van der Waals surface area contributed by atoms with Crippen LogP contribution in [0.5, 0.6) is 0 Å². The molecule has 0 aliphatic carbocycles. The van der Waals surface area contributed by atoms with Gasteiger partial charge in [0.1, 0.15) is 0 Å². The van der Waals surface area contributed by atoms with Crippen molar-refractivity contribution in [2.45, 2.75) is 53.9 Å². The molecule has 80 valence electrons. The average Bonchev–Trinajstić information content (AvgIpc) is 2.20. The Morgan fingerprint density at radius 2 is 1.86 bits per heavy atom. The SMILES string of the molecule is CC.CCc1ncc(C)cc1C(C)C. The number of pyridine rings is 1. The van der Waals surface area contributed by atoms with E-state index in [0.29, 0.717) is 5.92 Å². The highest BCUT2D eigenvalue weighted by Crippen LogP contribution is 2.18. The van der Waals surface area contributed by atoms with E-state index in [9.17, 15) is 0 Å². The largest absolute Gasteiger partial charge is 0.261 e. The van der Waals surface area contributed by atoms with E-state index in [1.807, 2.05) is 20.0 Å². The van der Waals surface area contributed by atoms with Gasteiger partial charge >= 0.3 is 0 Å². The Morgan fingerprint density at radius 1 is 1.29 bits per heavy atom. The van der Waals surface area contributed by atoms with Crippen molar-refractivity contribution in [2.24, 2.45) is 0 Å². The molecule has 0 radical (unpaired) electrons. The van der Waals surface area contributed by atoms with Gasteiger partial charge in [0.15, 0.2) is 0 Å². The summed E-state index contributed by atoms with van der Waals surface area (Å²) in [5.41, 5.74) is 3.91. The molecule has 1 rings (SSSR count). The zero-order chi connectivity index (χ0) is 11.1. The van der Waals surface area contributed by atoms with Crippen molar-refractivity contribution >= 4 is 0 Å². The zero-order valence-electron chi connectivity index (χ0n) is 10.4. The van der Waals surface area contributed by atoms with Gasteiger partial charge in [-0.1, -0.05) is 40.7 Å². The van der Waals surface area contributed by atoms with Gasteiger partial charge in [-0.2, -0.15) is 0 Å². The lowest BCUT2D eigenvalue weighted by atomic mass is 9.99. The first-order chi connectivity index (χ1) is 6.65. The number of rotatable bonds is 2. The summed E-state index contributed by atoms with van der Waals surface area (Å²) in [4.78, 5) is 4.42. The molecule has 0 aromatic carbocycles. The summed E-state index contributed by atoms with van der Waals surface area (Å²) in [5, 5.41) is 0.